The molecule has 0 saturated carbocycles. The van der Waals surface area contributed by atoms with Crippen LogP contribution in [0.2, 0.25) is 0 Å². The second-order valence-electron chi connectivity index (χ2n) is 7.64. The minimum atomic E-state index is -5.20. The monoisotopic (exact) mass is 487 g/mol. The molecule has 3 N–H and O–H groups in total. The number of fused-ring (bicyclic) bond motifs is 2. The van der Waals surface area contributed by atoms with Gasteiger partial charge in [-0.3, -0.25) is 9.59 Å². The highest BCUT2D eigenvalue weighted by molar-refractivity contribution is 5.90. The molecule has 4 aromatic rings. The van der Waals surface area contributed by atoms with Gasteiger partial charge >= 0.3 is 18.1 Å². The molecule has 0 atom stereocenters. The Morgan fingerprint density at radius 1 is 0.914 bits per heavy atom. The van der Waals surface area contributed by atoms with Crippen LogP contribution in [0.4, 0.5) is 13.2 Å². The highest BCUT2D eigenvalue weighted by Crippen LogP contribution is 2.26. The number of nitrogens with one attached hydrogen (secondary N) is 3. The van der Waals surface area contributed by atoms with Gasteiger partial charge < -0.3 is 24.8 Å². The Balaban J connectivity index is 1.30. The molecule has 0 saturated heterocycles. The molecule has 2 aromatic heterocycles. The average Bonchev–Trinajstić information content (AvgIpc) is 3.23. The van der Waals surface area contributed by atoms with E-state index in [1.807, 2.05) is 48.5 Å². The fraction of sp³-hybridized carbons (Fsp3) is 0.208. The van der Waals surface area contributed by atoms with E-state index in [4.69, 9.17) is 4.74 Å². The first-order valence-corrected chi connectivity index (χ1v) is 10.6. The summed E-state index contributed by atoms with van der Waals surface area (Å²) in [5, 5.41) is 4.58. The van der Waals surface area contributed by atoms with E-state index in [0.717, 1.165) is 21.8 Å². The van der Waals surface area contributed by atoms with Crippen molar-refractivity contribution in [1.82, 2.24) is 15.3 Å². The van der Waals surface area contributed by atoms with Crippen molar-refractivity contribution in [1.29, 1.82) is 0 Å². The first-order chi connectivity index (χ1) is 16.7. The summed E-state index contributed by atoms with van der Waals surface area (Å²) in [6.45, 7) is 0.556. The van der Waals surface area contributed by atoms with E-state index in [9.17, 15) is 27.6 Å². The number of aromatic amines is 2. The zero-order valence-corrected chi connectivity index (χ0v) is 18.2. The number of aromatic nitrogens is 2. The number of H-pyrrole nitrogens is 2. The van der Waals surface area contributed by atoms with Crippen LogP contribution >= 0.6 is 0 Å². The molecule has 182 valence electrons. The third kappa shape index (κ3) is 5.87. The fourth-order valence-corrected chi connectivity index (χ4v) is 3.46. The molecular formula is C24H20F3N3O5. The number of carbonyl (C=O) groups is 2. The van der Waals surface area contributed by atoms with Crippen molar-refractivity contribution in [2.45, 2.75) is 12.6 Å². The van der Waals surface area contributed by atoms with Crippen molar-refractivity contribution in [3.05, 3.63) is 65.0 Å². The molecule has 0 bridgehead atoms. The van der Waals surface area contributed by atoms with Crippen LogP contribution in [0.5, 0.6) is 5.75 Å². The number of alkyl halides is 3. The van der Waals surface area contributed by atoms with Gasteiger partial charge in [-0.1, -0.05) is 18.2 Å². The Hall–Kier alpha value is -4.12. The summed E-state index contributed by atoms with van der Waals surface area (Å²) in [5.41, 5.74) is 2.56. The van der Waals surface area contributed by atoms with Gasteiger partial charge in [-0.25, -0.2) is 4.79 Å². The van der Waals surface area contributed by atoms with E-state index < -0.39 is 24.5 Å². The zero-order chi connectivity index (χ0) is 25.0. The molecule has 0 aliphatic heterocycles. The molecule has 4 rings (SSSR count). The van der Waals surface area contributed by atoms with Crippen LogP contribution in [0.1, 0.15) is 6.42 Å². The first kappa shape index (κ1) is 24.0. The average molecular weight is 487 g/mol. The van der Waals surface area contributed by atoms with Crippen LogP contribution < -0.4 is 15.6 Å². The number of rotatable bonds is 8. The molecule has 0 fully saturated rings. The number of halogens is 3. The summed E-state index contributed by atoms with van der Waals surface area (Å²) >= 11 is 0. The lowest BCUT2D eigenvalue weighted by Crippen LogP contribution is -2.30. The van der Waals surface area contributed by atoms with Crippen LogP contribution in [0, 0.1) is 0 Å². The highest BCUT2D eigenvalue weighted by atomic mass is 19.4. The number of ether oxygens (including phenoxy) is 2. The van der Waals surface area contributed by atoms with Gasteiger partial charge in [0.1, 0.15) is 12.4 Å². The molecule has 0 aliphatic carbocycles. The predicted molar refractivity (Wildman–Crippen MR) is 122 cm³/mol. The number of carbonyl (C=O) groups excluding carboxylic acids is 2. The van der Waals surface area contributed by atoms with E-state index in [-0.39, 0.29) is 18.7 Å². The van der Waals surface area contributed by atoms with Crippen LogP contribution in [0.15, 0.2) is 59.4 Å². The van der Waals surface area contributed by atoms with Crippen molar-refractivity contribution >= 4 is 33.7 Å². The topological polar surface area (TPSA) is 113 Å². The van der Waals surface area contributed by atoms with Gasteiger partial charge in [-0.15, -0.1) is 0 Å². The minimum Gasteiger partial charge on any atom is -0.492 e. The zero-order valence-electron chi connectivity index (χ0n) is 18.2. The van der Waals surface area contributed by atoms with E-state index in [2.05, 4.69) is 20.0 Å². The predicted octanol–water partition coefficient (Wildman–Crippen LogP) is 3.67. The van der Waals surface area contributed by atoms with Gasteiger partial charge in [0.15, 0.2) is 0 Å². The summed E-state index contributed by atoms with van der Waals surface area (Å²) in [4.78, 5) is 40.5. The fourth-order valence-electron chi connectivity index (χ4n) is 3.46. The summed E-state index contributed by atoms with van der Waals surface area (Å²) in [5.74, 6) is -3.22. The van der Waals surface area contributed by atoms with E-state index in [1.165, 1.54) is 0 Å². The molecule has 0 spiro atoms. The lowest BCUT2D eigenvalue weighted by Gasteiger charge is -2.08. The summed E-state index contributed by atoms with van der Waals surface area (Å²) in [7, 11) is 0. The Bertz CT molecular complexity index is 1440. The number of pyridine rings is 1. The molecule has 0 amide bonds. The van der Waals surface area contributed by atoms with Crippen LogP contribution in [0.3, 0.4) is 0 Å². The maximum absolute atomic E-state index is 12.5. The Labute approximate surface area is 196 Å². The quantitative estimate of drug-likeness (QED) is 0.199. The third-order valence-corrected chi connectivity index (χ3v) is 5.13. The second kappa shape index (κ2) is 10.0. The van der Waals surface area contributed by atoms with Gasteiger partial charge in [-0.05, 0) is 41.8 Å². The van der Waals surface area contributed by atoms with Crippen molar-refractivity contribution in [3.63, 3.8) is 0 Å². The number of benzene rings is 2. The van der Waals surface area contributed by atoms with E-state index >= 15 is 0 Å². The molecule has 0 aliphatic rings. The van der Waals surface area contributed by atoms with Crippen molar-refractivity contribution in [2.24, 2.45) is 0 Å². The standard InChI is InChI=1S/C24H20F3N3O5/c25-24(26,27)23(33)35-21(31)7-8-28-9-10-34-16-5-6-19-15(11-16)13-20(29-19)17-12-14-3-1-2-4-18(14)30-22(17)32/h1-6,11-13,28-29H,7-10H2,(H,30,32). The number of hydrogen-bond donors (Lipinski definition) is 3. The van der Waals surface area contributed by atoms with Crippen LogP contribution in [0.25, 0.3) is 33.1 Å². The van der Waals surface area contributed by atoms with Crippen molar-refractivity contribution < 1.29 is 32.2 Å². The Morgan fingerprint density at radius 3 is 2.49 bits per heavy atom. The SMILES string of the molecule is O=C(CCNCCOc1ccc2[nH]c(-c3cc4ccccc4[nH]c3=O)cc2c1)OC(=O)C(F)(F)F. The van der Waals surface area contributed by atoms with Gasteiger partial charge in [0.05, 0.1) is 17.7 Å². The molecule has 11 heteroatoms. The lowest BCUT2D eigenvalue weighted by molar-refractivity contribution is -0.201. The first-order valence-electron chi connectivity index (χ1n) is 10.6. The number of para-hydroxylation sites is 1. The maximum atomic E-state index is 12.5. The van der Waals surface area contributed by atoms with Crippen LogP contribution in [-0.2, 0) is 14.3 Å². The van der Waals surface area contributed by atoms with Gasteiger partial charge in [0, 0.05) is 29.5 Å². The van der Waals surface area contributed by atoms with Gasteiger partial charge in [0.25, 0.3) is 5.56 Å². The summed E-state index contributed by atoms with van der Waals surface area (Å²) in [6.07, 6.45) is -5.60. The van der Waals surface area contributed by atoms with E-state index in [0.29, 0.717) is 23.6 Å². The second-order valence-corrected chi connectivity index (χ2v) is 7.64. The molecule has 8 nitrogen and oxygen atoms in total. The number of esters is 2. The largest absolute Gasteiger partial charge is 0.492 e. The highest BCUT2D eigenvalue weighted by Gasteiger charge is 2.42. The number of hydrogen-bond acceptors (Lipinski definition) is 6. The lowest BCUT2D eigenvalue weighted by atomic mass is 10.1. The maximum Gasteiger partial charge on any atom is 0.491 e. The van der Waals surface area contributed by atoms with Crippen LogP contribution in [-0.4, -0.2) is 47.8 Å². The van der Waals surface area contributed by atoms with Gasteiger partial charge in [0.2, 0.25) is 0 Å². The molecular weight excluding hydrogens is 467 g/mol. The van der Waals surface area contributed by atoms with Gasteiger partial charge in [-0.2, -0.15) is 13.2 Å². The van der Waals surface area contributed by atoms with Crippen molar-refractivity contribution in [2.75, 3.05) is 19.7 Å². The smallest absolute Gasteiger partial charge is 0.491 e. The molecule has 2 aromatic carbocycles. The third-order valence-electron chi connectivity index (χ3n) is 5.13. The summed E-state index contributed by atoms with van der Waals surface area (Å²) < 4.78 is 45.5. The Morgan fingerprint density at radius 2 is 1.69 bits per heavy atom. The molecule has 0 radical (unpaired) electrons. The molecule has 35 heavy (non-hydrogen) atoms. The van der Waals surface area contributed by atoms with E-state index in [1.54, 1.807) is 6.07 Å². The minimum absolute atomic E-state index is 0.0217. The molecule has 2 heterocycles. The summed E-state index contributed by atoms with van der Waals surface area (Å²) in [6, 6.07) is 16.6. The Kier molecular flexibility index (Phi) is 6.87. The van der Waals surface area contributed by atoms with Crippen molar-refractivity contribution in [3.8, 4) is 17.0 Å². The molecule has 0 unspecified atom stereocenters. The normalized spacial score (nSPS) is 11.6.